The standard InChI is InChI=1S/C16H21N3OS/c1-9-8-13(16(20)17-5)6-7-14(9)18-10(2)15-11(3)21-12(4)19-15/h6-8,10,18H,1-5H3,(H,17,20). The highest BCUT2D eigenvalue weighted by Crippen LogP contribution is 2.27. The van der Waals surface area contributed by atoms with E-state index in [1.807, 2.05) is 32.0 Å². The Morgan fingerprint density at radius 1 is 1.29 bits per heavy atom. The minimum atomic E-state index is -0.0660. The van der Waals surface area contributed by atoms with E-state index in [-0.39, 0.29) is 11.9 Å². The van der Waals surface area contributed by atoms with Crippen LogP contribution < -0.4 is 10.6 Å². The molecule has 0 saturated heterocycles. The van der Waals surface area contributed by atoms with E-state index in [4.69, 9.17) is 0 Å². The fourth-order valence-corrected chi connectivity index (χ4v) is 3.27. The zero-order valence-corrected chi connectivity index (χ0v) is 13.9. The predicted molar refractivity (Wildman–Crippen MR) is 88.2 cm³/mol. The molecule has 2 aromatic rings. The van der Waals surface area contributed by atoms with Gasteiger partial charge in [-0.25, -0.2) is 4.98 Å². The Morgan fingerprint density at radius 3 is 2.52 bits per heavy atom. The maximum atomic E-state index is 11.6. The van der Waals surface area contributed by atoms with Crippen LogP contribution in [0.25, 0.3) is 0 Å². The molecular weight excluding hydrogens is 282 g/mol. The van der Waals surface area contributed by atoms with Crippen molar-refractivity contribution in [1.82, 2.24) is 10.3 Å². The molecule has 0 aliphatic carbocycles. The number of nitrogens with zero attached hydrogens (tertiary/aromatic N) is 1. The summed E-state index contributed by atoms with van der Waals surface area (Å²) in [4.78, 5) is 17.5. The van der Waals surface area contributed by atoms with Gasteiger partial charge in [-0.3, -0.25) is 4.79 Å². The summed E-state index contributed by atoms with van der Waals surface area (Å²) in [5, 5.41) is 7.20. The Labute approximate surface area is 129 Å². The third-order valence-electron chi connectivity index (χ3n) is 3.44. The molecule has 0 aliphatic heterocycles. The Kier molecular flexibility index (Phi) is 4.63. The van der Waals surface area contributed by atoms with Crippen molar-refractivity contribution >= 4 is 22.9 Å². The van der Waals surface area contributed by atoms with Crippen LogP contribution in [-0.2, 0) is 0 Å². The number of carbonyl (C=O) groups excluding carboxylic acids is 1. The lowest BCUT2D eigenvalue weighted by atomic mass is 10.1. The zero-order chi connectivity index (χ0) is 15.6. The molecule has 21 heavy (non-hydrogen) atoms. The quantitative estimate of drug-likeness (QED) is 0.907. The van der Waals surface area contributed by atoms with Gasteiger partial charge in [-0.2, -0.15) is 0 Å². The lowest BCUT2D eigenvalue weighted by Crippen LogP contribution is -2.18. The van der Waals surface area contributed by atoms with Crippen LogP contribution in [0.1, 0.15) is 44.5 Å². The van der Waals surface area contributed by atoms with Crippen molar-refractivity contribution in [1.29, 1.82) is 0 Å². The lowest BCUT2D eigenvalue weighted by molar-refractivity contribution is 0.0963. The van der Waals surface area contributed by atoms with E-state index in [0.29, 0.717) is 5.56 Å². The Morgan fingerprint density at radius 2 is 2.00 bits per heavy atom. The summed E-state index contributed by atoms with van der Waals surface area (Å²) in [6.45, 7) is 8.23. The molecule has 2 N–H and O–H groups in total. The first-order chi connectivity index (χ1) is 9.92. The minimum absolute atomic E-state index is 0.0660. The maximum Gasteiger partial charge on any atom is 0.251 e. The molecule has 5 heteroatoms. The lowest BCUT2D eigenvalue weighted by Gasteiger charge is -2.17. The molecule has 0 radical (unpaired) electrons. The van der Waals surface area contributed by atoms with E-state index >= 15 is 0 Å². The number of rotatable bonds is 4. The fraction of sp³-hybridized carbons (Fsp3) is 0.375. The molecule has 1 heterocycles. The van der Waals surface area contributed by atoms with Crippen molar-refractivity contribution in [2.75, 3.05) is 12.4 Å². The number of nitrogens with one attached hydrogen (secondary N) is 2. The molecule has 1 atom stereocenters. The molecule has 112 valence electrons. The van der Waals surface area contributed by atoms with E-state index in [2.05, 4.69) is 29.5 Å². The number of aromatic nitrogens is 1. The first-order valence-electron chi connectivity index (χ1n) is 6.95. The van der Waals surface area contributed by atoms with Crippen LogP contribution in [0.4, 0.5) is 5.69 Å². The van der Waals surface area contributed by atoms with Gasteiger partial charge >= 0.3 is 0 Å². The number of benzene rings is 1. The molecule has 0 fully saturated rings. The number of hydrogen-bond acceptors (Lipinski definition) is 4. The monoisotopic (exact) mass is 303 g/mol. The smallest absolute Gasteiger partial charge is 0.251 e. The molecular formula is C16H21N3OS. The van der Waals surface area contributed by atoms with Crippen LogP contribution in [0.3, 0.4) is 0 Å². The molecule has 4 nitrogen and oxygen atoms in total. The van der Waals surface area contributed by atoms with Crippen LogP contribution in [0.2, 0.25) is 0 Å². The van der Waals surface area contributed by atoms with Gasteiger partial charge in [0.15, 0.2) is 0 Å². The normalized spacial score (nSPS) is 12.0. The molecule has 0 saturated carbocycles. The second-order valence-electron chi connectivity index (χ2n) is 5.15. The van der Waals surface area contributed by atoms with E-state index in [1.165, 1.54) is 4.88 Å². The summed E-state index contributed by atoms with van der Waals surface area (Å²) >= 11 is 1.72. The second kappa shape index (κ2) is 6.26. The van der Waals surface area contributed by atoms with Crippen molar-refractivity contribution in [2.24, 2.45) is 0 Å². The van der Waals surface area contributed by atoms with Crippen molar-refractivity contribution in [3.05, 3.63) is 44.9 Å². The van der Waals surface area contributed by atoms with Crippen molar-refractivity contribution in [2.45, 2.75) is 33.7 Å². The predicted octanol–water partition coefficient (Wildman–Crippen LogP) is 3.60. The van der Waals surface area contributed by atoms with Crippen molar-refractivity contribution in [3.63, 3.8) is 0 Å². The highest BCUT2D eigenvalue weighted by atomic mass is 32.1. The van der Waals surface area contributed by atoms with Crippen molar-refractivity contribution < 1.29 is 4.79 Å². The molecule has 0 spiro atoms. The maximum absolute atomic E-state index is 11.6. The van der Waals surface area contributed by atoms with Crippen LogP contribution >= 0.6 is 11.3 Å². The highest BCUT2D eigenvalue weighted by Gasteiger charge is 2.14. The summed E-state index contributed by atoms with van der Waals surface area (Å²) in [5.41, 5.74) is 3.84. The molecule has 1 unspecified atom stereocenters. The van der Waals surface area contributed by atoms with Crippen LogP contribution in [-0.4, -0.2) is 17.9 Å². The summed E-state index contributed by atoms with van der Waals surface area (Å²) in [5.74, 6) is -0.0660. The largest absolute Gasteiger partial charge is 0.377 e. The van der Waals surface area contributed by atoms with Gasteiger partial charge in [0, 0.05) is 23.2 Å². The summed E-state index contributed by atoms with van der Waals surface area (Å²) in [6.07, 6.45) is 0. The summed E-state index contributed by atoms with van der Waals surface area (Å²) < 4.78 is 0. The number of hydrogen-bond donors (Lipinski definition) is 2. The van der Waals surface area contributed by atoms with Crippen LogP contribution in [0, 0.1) is 20.8 Å². The second-order valence-corrected chi connectivity index (χ2v) is 6.56. The topological polar surface area (TPSA) is 54.0 Å². The number of carbonyl (C=O) groups is 1. The molecule has 1 amide bonds. The number of thiazole rings is 1. The van der Waals surface area contributed by atoms with E-state index in [1.54, 1.807) is 18.4 Å². The average Bonchev–Trinajstić information content (AvgIpc) is 2.79. The summed E-state index contributed by atoms with van der Waals surface area (Å²) in [6, 6.07) is 5.82. The number of anilines is 1. The first-order valence-corrected chi connectivity index (χ1v) is 7.77. The molecule has 2 rings (SSSR count). The molecule has 1 aromatic carbocycles. The summed E-state index contributed by atoms with van der Waals surface area (Å²) in [7, 11) is 1.64. The Balaban J connectivity index is 2.20. The van der Waals surface area contributed by atoms with Crippen LogP contribution in [0.5, 0.6) is 0 Å². The van der Waals surface area contributed by atoms with Gasteiger partial charge in [-0.15, -0.1) is 11.3 Å². The minimum Gasteiger partial charge on any atom is -0.377 e. The number of amides is 1. The van der Waals surface area contributed by atoms with E-state index < -0.39 is 0 Å². The third kappa shape index (κ3) is 3.42. The Bertz CT molecular complexity index is 664. The zero-order valence-electron chi connectivity index (χ0n) is 13.1. The molecule has 1 aromatic heterocycles. The van der Waals surface area contributed by atoms with Gasteiger partial charge < -0.3 is 10.6 Å². The molecule has 0 aliphatic rings. The number of aryl methyl sites for hydroxylation is 3. The van der Waals surface area contributed by atoms with Gasteiger partial charge in [0.25, 0.3) is 5.91 Å². The Hall–Kier alpha value is -1.88. The average molecular weight is 303 g/mol. The SMILES string of the molecule is CNC(=O)c1ccc(NC(C)c2nc(C)sc2C)c(C)c1. The molecule has 0 bridgehead atoms. The van der Waals surface area contributed by atoms with Gasteiger partial charge in [-0.05, 0) is 51.5 Å². The van der Waals surface area contributed by atoms with Gasteiger partial charge in [0.05, 0.1) is 16.7 Å². The fourth-order valence-electron chi connectivity index (χ4n) is 2.36. The first kappa shape index (κ1) is 15.5. The van der Waals surface area contributed by atoms with E-state index in [9.17, 15) is 4.79 Å². The van der Waals surface area contributed by atoms with E-state index in [0.717, 1.165) is 22.0 Å². The van der Waals surface area contributed by atoms with Gasteiger partial charge in [0.1, 0.15) is 0 Å². The van der Waals surface area contributed by atoms with Crippen LogP contribution in [0.15, 0.2) is 18.2 Å². The van der Waals surface area contributed by atoms with Gasteiger partial charge in [0.2, 0.25) is 0 Å². The third-order valence-corrected chi connectivity index (χ3v) is 4.34. The highest BCUT2D eigenvalue weighted by molar-refractivity contribution is 7.11. The van der Waals surface area contributed by atoms with Gasteiger partial charge in [-0.1, -0.05) is 0 Å². The van der Waals surface area contributed by atoms with Crippen molar-refractivity contribution in [3.8, 4) is 0 Å².